The molecule has 4 heteroatoms. The van der Waals surface area contributed by atoms with Crippen molar-refractivity contribution in [1.82, 2.24) is 15.3 Å². The maximum absolute atomic E-state index is 5.02. The van der Waals surface area contributed by atoms with Crippen molar-refractivity contribution in [2.45, 2.75) is 52.9 Å². The number of aryl methyl sites for hydroxylation is 2. The molecule has 0 bridgehead atoms. The molecule has 4 nitrogen and oxygen atoms in total. The molecule has 1 saturated carbocycles. The van der Waals surface area contributed by atoms with Gasteiger partial charge in [0.15, 0.2) is 0 Å². The zero-order valence-corrected chi connectivity index (χ0v) is 14.1. The van der Waals surface area contributed by atoms with Crippen LogP contribution in [0.5, 0.6) is 0 Å². The molecule has 1 aromatic rings. The molecule has 1 heterocycles. The number of rotatable bonds is 8. The highest BCUT2D eigenvalue weighted by Crippen LogP contribution is 2.57. The first-order valence-electron chi connectivity index (χ1n) is 7.99. The number of hydrogen-bond acceptors (Lipinski definition) is 4. The van der Waals surface area contributed by atoms with Crippen LogP contribution in [0.1, 0.15) is 55.4 Å². The van der Waals surface area contributed by atoms with Crippen LogP contribution in [0.3, 0.4) is 0 Å². The van der Waals surface area contributed by atoms with Crippen LogP contribution in [0.25, 0.3) is 0 Å². The van der Waals surface area contributed by atoms with E-state index in [9.17, 15) is 0 Å². The van der Waals surface area contributed by atoms with Gasteiger partial charge >= 0.3 is 0 Å². The van der Waals surface area contributed by atoms with Gasteiger partial charge in [-0.05, 0) is 50.6 Å². The molecule has 0 radical (unpaired) electrons. The predicted octanol–water partition coefficient (Wildman–Crippen LogP) is 2.78. The summed E-state index contributed by atoms with van der Waals surface area (Å²) < 4.78 is 5.02. The second-order valence-electron chi connectivity index (χ2n) is 6.82. The van der Waals surface area contributed by atoms with Gasteiger partial charge in [-0.3, -0.25) is 0 Å². The van der Waals surface area contributed by atoms with Gasteiger partial charge < -0.3 is 10.1 Å². The van der Waals surface area contributed by atoms with Crippen molar-refractivity contribution in [2.75, 3.05) is 26.8 Å². The molecular weight excluding hydrogens is 262 g/mol. The van der Waals surface area contributed by atoms with Gasteiger partial charge in [-0.25, -0.2) is 9.97 Å². The Kier molecular flexibility index (Phi) is 5.33. The molecule has 0 saturated heterocycles. The molecule has 1 atom stereocenters. The lowest BCUT2D eigenvalue weighted by Gasteiger charge is -2.12. The molecule has 2 rings (SSSR count). The Morgan fingerprint density at radius 1 is 1.19 bits per heavy atom. The number of hydrogen-bond donors (Lipinski definition) is 1. The molecule has 0 amide bonds. The van der Waals surface area contributed by atoms with Crippen molar-refractivity contribution in [3.8, 4) is 0 Å². The molecular formula is C17H29N3O. The van der Waals surface area contributed by atoms with E-state index >= 15 is 0 Å². The molecule has 1 unspecified atom stereocenters. The zero-order chi connectivity index (χ0) is 15.5. The minimum atomic E-state index is 0.395. The van der Waals surface area contributed by atoms with Crippen LogP contribution < -0.4 is 5.32 Å². The standard InChI is InChI=1S/C17H29N3O/c1-12-14(7-6-8-18-9-10-21-5)13(2)20-16(19-12)15-11-17(15,3)4/h15,18H,6-11H2,1-5H3. The number of methoxy groups -OCH3 is 1. The molecule has 0 aromatic carbocycles. The molecule has 1 aliphatic rings. The van der Waals surface area contributed by atoms with E-state index in [0.717, 1.165) is 49.8 Å². The lowest BCUT2D eigenvalue weighted by atomic mass is 10.1. The van der Waals surface area contributed by atoms with Crippen LogP contribution in [0.4, 0.5) is 0 Å². The fourth-order valence-electron chi connectivity index (χ4n) is 2.88. The van der Waals surface area contributed by atoms with Gasteiger partial charge in [-0.1, -0.05) is 13.8 Å². The van der Waals surface area contributed by atoms with Gasteiger partial charge in [0, 0.05) is 31.0 Å². The van der Waals surface area contributed by atoms with E-state index < -0.39 is 0 Å². The SMILES string of the molecule is COCCNCCCc1c(C)nc(C2CC2(C)C)nc1C. The van der Waals surface area contributed by atoms with Crippen molar-refractivity contribution in [1.29, 1.82) is 0 Å². The Morgan fingerprint density at radius 2 is 1.81 bits per heavy atom. The van der Waals surface area contributed by atoms with E-state index in [4.69, 9.17) is 14.7 Å². The summed E-state index contributed by atoms with van der Waals surface area (Å²) in [6.07, 6.45) is 3.38. The van der Waals surface area contributed by atoms with Crippen molar-refractivity contribution in [3.05, 3.63) is 22.8 Å². The van der Waals surface area contributed by atoms with E-state index in [0.29, 0.717) is 11.3 Å². The van der Waals surface area contributed by atoms with Crippen molar-refractivity contribution >= 4 is 0 Å². The van der Waals surface area contributed by atoms with Crippen LogP contribution in [-0.2, 0) is 11.2 Å². The molecule has 1 aliphatic carbocycles. The van der Waals surface area contributed by atoms with E-state index in [1.165, 1.54) is 12.0 Å². The van der Waals surface area contributed by atoms with Crippen molar-refractivity contribution in [3.63, 3.8) is 0 Å². The Bertz CT molecular complexity index is 462. The molecule has 0 aliphatic heterocycles. The third kappa shape index (κ3) is 4.24. The third-order valence-corrected chi connectivity index (χ3v) is 4.53. The Hall–Kier alpha value is -1.00. The Labute approximate surface area is 128 Å². The summed E-state index contributed by atoms with van der Waals surface area (Å²) in [6.45, 7) is 11.5. The smallest absolute Gasteiger partial charge is 0.132 e. The summed E-state index contributed by atoms with van der Waals surface area (Å²) in [4.78, 5) is 9.54. The predicted molar refractivity (Wildman–Crippen MR) is 85.7 cm³/mol. The number of nitrogens with zero attached hydrogens (tertiary/aromatic N) is 2. The van der Waals surface area contributed by atoms with Crippen LogP contribution in [-0.4, -0.2) is 36.8 Å². The number of aromatic nitrogens is 2. The van der Waals surface area contributed by atoms with E-state index in [1.807, 2.05) is 0 Å². The average Bonchev–Trinajstić information content (AvgIpc) is 3.05. The first kappa shape index (κ1) is 16.4. The van der Waals surface area contributed by atoms with Crippen LogP contribution in [0.15, 0.2) is 0 Å². The fourth-order valence-corrected chi connectivity index (χ4v) is 2.88. The highest BCUT2D eigenvalue weighted by Gasteiger charge is 2.48. The van der Waals surface area contributed by atoms with Crippen molar-refractivity contribution in [2.24, 2.45) is 5.41 Å². The average molecular weight is 291 g/mol. The second-order valence-corrected chi connectivity index (χ2v) is 6.82. The highest BCUT2D eigenvalue weighted by molar-refractivity contribution is 5.27. The maximum Gasteiger partial charge on any atom is 0.132 e. The third-order valence-electron chi connectivity index (χ3n) is 4.53. The van der Waals surface area contributed by atoms with Crippen LogP contribution in [0, 0.1) is 19.3 Å². The summed E-state index contributed by atoms with van der Waals surface area (Å²) in [6, 6.07) is 0. The first-order valence-corrected chi connectivity index (χ1v) is 7.99. The summed E-state index contributed by atoms with van der Waals surface area (Å²) in [5.41, 5.74) is 4.05. The minimum Gasteiger partial charge on any atom is -0.383 e. The quantitative estimate of drug-likeness (QED) is 0.748. The summed E-state index contributed by atoms with van der Waals surface area (Å²) >= 11 is 0. The van der Waals surface area contributed by atoms with E-state index in [1.54, 1.807) is 7.11 Å². The maximum atomic E-state index is 5.02. The van der Waals surface area contributed by atoms with Gasteiger partial charge in [-0.2, -0.15) is 0 Å². The van der Waals surface area contributed by atoms with Gasteiger partial charge in [0.25, 0.3) is 0 Å². The molecule has 0 spiro atoms. The van der Waals surface area contributed by atoms with Gasteiger partial charge in [-0.15, -0.1) is 0 Å². The summed E-state index contributed by atoms with van der Waals surface area (Å²) in [5, 5.41) is 3.38. The number of nitrogens with one attached hydrogen (secondary N) is 1. The van der Waals surface area contributed by atoms with Crippen molar-refractivity contribution < 1.29 is 4.74 Å². The Morgan fingerprint density at radius 3 is 2.33 bits per heavy atom. The lowest BCUT2D eigenvalue weighted by Crippen LogP contribution is -2.21. The van der Waals surface area contributed by atoms with E-state index in [2.05, 4.69) is 33.0 Å². The molecule has 118 valence electrons. The topological polar surface area (TPSA) is 47.0 Å². The first-order chi connectivity index (χ1) is 9.95. The summed E-state index contributed by atoms with van der Waals surface area (Å²) in [7, 11) is 1.73. The van der Waals surface area contributed by atoms with Crippen LogP contribution in [0.2, 0.25) is 0 Å². The second kappa shape index (κ2) is 6.84. The summed E-state index contributed by atoms with van der Waals surface area (Å²) in [5.74, 6) is 1.61. The monoisotopic (exact) mass is 291 g/mol. The van der Waals surface area contributed by atoms with Crippen LogP contribution >= 0.6 is 0 Å². The van der Waals surface area contributed by atoms with Gasteiger partial charge in [0.1, 0.15) is 5.82 Å². The highest BCUT2D eigenvalue weighted by atomic mass is 16.5. The largest absolute Gasteiger partial charge is 0.383 e. The lowest BCUT2D eigenvalue weighted by molar-refractivity contribution is 0.199. The van der Waals surface area contributed by atoms with Gasteiger partial charge in [0.2, 0.25) is 0 Å². The molecule has 1 aromatic heterocycles. The van der Waals surface area contributed by atoms with Gasteiger partial charge in [0.05, 0.1) is 6.61 Å². The zero-order valence-electron chi connectivity index (χ0n) is 14.1. The fraction of sp³-hybridized carbons (Fsp3) is 0.765. The Balaban J connectivity index is 1.89. The van der Waals surface area contributed by atoms with E-state index in [-0.39, 0.29) is 0 Å². The molecule has 21 heavy (non-hydrogen) atoms. The molecule has 1 N–H and O–H groups in total. The minimum absolute atomic E-state index is 0.395. The number of ether oxygens (including phenoxy) is 1. The normalized spacial score (nSPS) is 19.8. The molecule has 1 fully saturated rings.